The van der Waals surface area contributed by atoms with Crippen LogP contribution in [0, 0.1) is 27.7 Å². The molecule has 7 nitrogen and oxygen atoms in total. The van der Waals surface area contributed by atoms with Gasteiger partial charge < -0.3 is 10.2 Å². The Kier molecular flexibility index (Phi) is 10.1. The van der Waals surface area contributed by atoms with Gasteiger partial charge in [-0.2, -0.15) is 0 Å². The Morgan fingerprint density at radius 3 is 2.05 bits per heavy atom. The number of carbonyl (C=O) groups excluding carboxylic acids is 2. The van der Waals surface area contributed by atoms with Crippen molar-refractivity contribution in [1.29, 1.82) is 0 Å². The van der Waals surface area contributed by atoms with Crippen LogP contribution in [0.4, 0.5) is 5.69 Å². The molecule has 0 fully saturated rings. The van der Waals surface area contributed by atoms with Crippen LogP contribution in [0.15, 0.2) is 71.6 Å². The van der Waals surface area contributed by atoms with Gasteiger partial charge in [-0.25, -0.2) is 8.42 Å². The number of hydrogen-bond donors (Lipinski definition) is 1. The topological polar surface area (TPSA) is 86.8 Å². The van der Waals surface area contributed by atoms with Crippen molar-refractivity contribution in [2.75, 3.05) is 10.8 Å². The van der Waals surface area contributed by atoms with E-state index >= 15 is 0 Å². The highest BCUT2D eigenvalue weighted by atomic mass is 32.2. The van der Waals surface area contributed by atoms with Crippen LogP contribution < -0.4 is 9.62 Å². The molecule has 1 atom stereocenters. The second-order valence-corrected chi connectivity index (χ2v) is 12.5. The summed E-state index contributed by atoms with van der Waals surface area (Å²) in [6.45, 7) is 12.9. The van der Waals surface area contributed by atoms with Gasteiger partial charge in [-0.1, -0.05) is 66.6 Å². The van der Waals surface area contributed by atoms with E-state index in [1.165, 1.54) is 9.21 Å². The minimum absolute atomic E-state index is 0.0981. The van der Waals surface area contributed by atoms with Crippen LogP contribution >= 0.6 is 0 Å². The van der Waals surface area contributed by atoms with E-state index in [1.54, 1.807) is 30.3 Å². The van der Waals surface area contributed by atoms with Gasteiger partial charge in [0.25, 0.3) is 10.0 Å². The third kappa shape index (κ3) is 7.30. The normalized spacial score (nSPS) is 12.2. The van der Waals surface area contributed by atoms with Crippen LogP contribution in [0.25, 0.3) is 0 Å². The number of sulfonamides is 1. The van der Waals surface area contributed by atoms with Crippen molar-refractivity contribution in [2.45, 2.75) is 78.4 Å². The lowest BCUT2D eigenvalue weighted by atomic mass is 10.1. The first-order valence-corrected chi connectivity index (χ1v) is 15.1. The van der Waals surface area contributed by atoms with Crippen molar-refractivity contribution in [1.82, 2.24) is 10.2 Å². The van der Waals surface area contributed by atoms with E-state index < -0.39 is 28.5 Å². The number of carbonyl (C=O) groups is 2. The number of anilines is 1. The summed E-state index contributed by atoms with van der Waals surface area (Å²) in [5.74, 6) is -0.719. The molecule has 3 aromatic carbocycles. The van der Waals surface area contributed by atoms with Crippen LogP contribution in [0.3, 0.4) is 0 Å². The Balaban J connectivity index is 2.11. The molecule has 3 aromatic rings. The Hall–Kier alpha value is -3.65. The van der Waals surface area contributed by atoms with Crippen molar-refractivity contribution >= 4 is 27.5 Å². The summed E-state index contributed by atoms with van der Waals surface area (Å²) in [6.07, 6.45) is 0.379. The summed E-state index contributed by atoms with van der Waals surface area (Å²) >= 11 is 0. The van der Waals surface area contributed by atoms with E-state index in [-0.39, 0.29) is 23.4 Å². The van der Waals surface area contributed by atoms with Gasteiger partial charge >= 0.3 is 0 Å². The highest BCUT2D eigenvalue weighted by Gasteiger charge is 2.34. The van der Waals surface area contributed by atoms with Crippen LogP contribution in [0.5, 0.6) is 0 Å². The maximum absolute atomic E-state index is 14.2. The van der Waals surface area contributed by atoms with Gasteiger partial charge in [0, 0.05) is 12.6 Å². The zero-order chi connectivity index (χ0) is 29.6. The van der Waals surface area contributed by atoms with Gasteiger partial charge in [0.05, 0.1) is 10.6 Å². The highest BCUT2D eigenvalue weighted by molar-refractivity contribution is 7.92. The van der Waals surface area contributed by atoms with Crippen LogP contribution in [-0.4, -0.2) is 43.8 Å². The number of amides is 2. The average molecular weight is 564 g/mol. The lowest BCUT2D eigenvalue weighted by Gasteiger charge is -2.34. The Morgan fingerprint density at radius 2 is 1.48 bits per heavy atom. The SMILES string of the molecule is CC[C@H](C(=O)NC(C)C)N(Cc1ccccc1C)C(=O)CN(c1ccc(C)cc1C)S(=O)(=O)c1ccc(C)cc1. The minimum atomic E-state index is -4.10. The van der Waals surface area contributed by atoms with Crippen molar-refractivity contribution in [3.63, 3.8) is 0 Å². The van der Waals surface area contributed by atoms with E-state index in [9.17, 15) is 18.0 Å². The quantitative estimate of drug-likeness (QED) is 0.336. The molecule has 3 rings (SSSR count). The summed E-state index contributed by atoms with van der Waals surface area (Å²) < 4.78 is 29.3. The lowest BCUT2D eigenvalue weighted by Crippen LogP contribution is -2.53. The third-order valence-electron chi connectivity index (χ3n) is 6.93. The molecule has 2 amide bonds. The molecule has 0 aromatic heterocycles. The largest absolute Gasteiger partial charge is 0.352 e. The van der Waals surface area contributed by atoms with E-state index in [0.29, 0.717) is 12.1 Å². The highest BCUT2D eigenvalue weighted by Crippen LogP contribution is 2.28. The smallest absolute Gasteiger partial charge is 0.264 e. The molecule has 0 saturated heterocycles. The van der Waals surface area contributed by atoms with E-state index in [1.807, 2.05) is 84.9 Å². The van der Waals surface area contributed by atoms with Gasteiger partial charge in [-0.15, -0.1) is 0 Å². The molecule has 1 N–H and O–H groups in total. The number of hydrogen-bond acceptors (Lipinski definition) is 4. The maximum atomic E-state index is 14.2. The summed E-state index contributed by atoms with van der Waals surface area (Å²) in [5, 5.41) is 2.93. The van der Waals surface area contributed by atoms with E-state index in [2.05, 4.69) is 5.32 Å². The molecule has 40 heavy (non-hydrogen) atoms. The summed E-state index contributed by atoms with van der Waals surface area (Å²) in [6, 6.07) is 18.9. The molecule has 0 aliphatic rings. The number of nitrogens with zero attached hydrogens (tertiary/aromatic N) is 2. The van der Waals surface area contributed by atoms with Gasteiger partial charge in [0.1, 0.15) is 12.6 Å². The van der Waals surface area contributed by atoms with Gasteiger partial charge in [-0.3, -0.25) is 13.9 Å². The minimum Gasteiger partial charge on any atom is -0.352 e. The van der Waals surface area contributed by atoms with Crippen LogP contribution in [-0.2, 0) is 26.2 Å². The average Bonchev–Trinajstić information content (AvgIpc) is 2.88. The molecule has 0 aliphatic heterocycles. The second kappa shape index (κ2) is 13.1. The molecular weight excluding hydrogens is 522 g/mol. The maximum Gasteiger partial charge on any atom is 0.264 e. The fraction of sp³-hybridized carbons (Fsp3) is 0.375. The fourth-order valence-corrected chi connectivity index (χ4v) is 6.19. The Labute approximate surface area is 239 Å². The molecule has 8 heteroatoms. The standard InChI is InChI=1S/C32H41N3O4S/c1-8-29(32(37)33-22(2)3)34(20-27-12-10-9-11-25(27)6)31(36)21-35(30-18-15-24(5)19-26(30)7)40(38,39)28-16-13-23(4)14-17-28/h9-19,22,29H,8,20-21H2,1-7H3,(H,33,37)/t29-/m1/s1. The molecule has 0 radical (unpaired) electrons. The van der Waals surface area contributed by atoms with Crippen molar-refractivity contribution < 1.29 is 18.0 Å². The predicted molar refractivity (Wildman–Crippen MR) is 161 cm³/mol. The lowest BCUT2D eigenvalue weighted by molar-refractivity contribution is -0.140. The van der Waals surface area contributed by atoms with Gasteiger partial charge in [0.2, 0.25) is 11.8 Å². The van der Waals surface area contributed by atoms with E-state index in [0.717, 1.165) is 27.8 Å². The van der Waals surface area contributed by atoms with Crippen molar-refractivity contribution in [3.8, 4) is 0 Å². The number of benzene rings is 3. The third-order valence-corrected chi connectivity index (χ3v) is 8.70. The van der Waals surface area contributed by atoms with Gasteiger partial charge in [0.15, 0.2) is 0 Å². The van der Waals surface area contributed by atoms with Crippen molar-refractivity contribution in [2.24, 2.45) is 0 Å². The fourth-order valence-electron chi connectivity index (χ4n) is 4.71. The molecule has 0 unspecified atom stereocenters. The zero-order valence-corrected chi connectivity index (χ0v) is 25.4. The first-order valence-electron chi connectivity index (χ1n) is 13.7. The number of aryl methyl sites for hydroxylation is 4. The molecule has 0 aliphatic carbocycles. The molecular formula is C32H41N3O4S. The zero-order valence-electron chi connectivity index (χ0n) is 24.6. The van der Waals surface area contributed by atoms with Crippen LogP contribution in [0.1, 0.15) is 55.0 Å². The summed E-state index contributed by atoms with van der Waals surface area (Å²) in [7, 11) is -4.10. The molecule has 0 spiro atoms. The molecule has 214 valence electrons. The number of nitrogens with one attached hydrogen (secondary N) is 1. The molecule has 0 bridgehead atoms. The molecule has 0 heterocycles. The molecule has 0 saturated carbocycles. The summed E-state index contributed by atoms with van der Waals surface area (Å²) in [4.78, 5) is 29.1. The first-order chi connectivity index (χ1) is 18.8. The first kappa shape index (κ1) is 30.9. The Morgan fingerprint density at radius 1 is 0.850 bits per heavy atom. The van der Waals surface area contributed by atoms with Gasteiger partial charge in [-0.05, 0) is 82.9 Å². The monoisotopic (exact) mass is 563 g/mol. The van der Waals surface area contributed by atoms with Crippen molar-refractivity contribution in [3.05, 3.63) is 94.5 Å². The second-order valence-electron chi connectivity index (χ2n) is 10.7. The summed E-state index contributed by atoms with van der Waals surface area (Å²) in [5.41, 5.74) is 4.95. The Bertz CT molecular complexity index is 1450. The van der Waals surface area contributed by atoms with Crippen LogP contribution in [0.2, 0.25) is 0 Å². The van der Waals surface area contributed by atoms with E-state index in [4.69, 9.17) is 0 Å². The number of rotatable bonds is 11. The predicted octanol–water partition coefficient (Wildman–Crippen LogP) is 5.45.